The van der Waals surface area contributed by atoms with E-state index in [1.54, 1.807) is 43.3 Å². The topological polar surface area (TPSA) is 190 Å². The van der Waals surface area contributed by atoms with Crippen molar-refractivity contribution in [2.24, 2.45) is 29.4 Å². The van der Waals surface area contributed by atoms with Crippen molar-refractivity contribution in [3.05, 3.63) is 59.7 Å². The van der Waals surface area contributed by atoms with E-state index in [2.05, 4.69) is 5.32 Å². The number of hydrogen-bond donors (Lipinski definition) is 4. The van der Waals surface area contributed by atoms with Gasteiger partial charge in [0.15, 0.2) is 34.7 Å². The van der Waals surface area contributed by atoms with Crippen molar-refractivity contribution in [1.82, 2.24) is 0 Å². The van der Waals surface area contributed by atoms with Crippen molar-refractivity contribution >= 4 is 40.8 Å². The first-order chi connectivity index (χ1) is 18.0. The van der Waals surface area contributed by atoms with Gasteiger partial charge in [0.1, 0.15) is 11.9 Å². The van der Waals surface area contributed by atoms with E-state index in [9.17, 15) is 39.0 Å². The van der Waals surface area contributed by atoms with Gasteiger partial charge in [-0.05, 0) is 29.7 Å². The van der Waals surface area contributed by atoms with Gasteiger partial charge in [-0.3, -0.25) is 29.3 Å². The highest BCUT2D eigenvalue weighted by molar-refractivity contribution is 6.31. The molecule has 7 atom stereocenters. The number of fused-ring (bicyclic) bond motifs is 3. The van der Waals surface area contributed by atoms with E-state index < -0.39 is 82.8 Å². The Bertz CT molecular complexity index is 1400. The van der Waals surface area contributed by atoms with Gasteiger partial charge in [-0.2, -0.15) is 0 Å². The molecule has 2 unspecified atom stereocenters. The van der Waals surface area contributed by atoms with Crippen molar-refractivity contribution in [2.45, 2.75) is 31.0 Å². The summed E-state index contributed by atoms with van der Waals surface area (Å²) in [6, 6.07) is 12.6. The van der Waals surface area contributed by atoms with Gasteiger partial charge in [0.2, 0.25) is 5.91 Å². The van der Waals surface area contributed by atoms with E-state index in [-0.39, 0.29) is 11.3 Å². The molecule has 3 aliphatic rings. The first kappa shape index (κ1) is 25.3. The number of carbonyl (C=O) groups is 6. The van der Waals surface area contributed by atoms with Gasteiger partial charge in [0.05, 0.1) is 11.5 Å². The normalized spacial score (nSPS) is 32.1. The monoisotopic (exact) mass is 520 g/mol. The number of carbonyl (C=O) groups excluding carboxylic acids is 6. The Morgan fingerprint density at radius 2 is 1.71 bits per heavy atom. The van der Waals surface area contributed by atoms with Crippen LogP contribution in [0.25, 0.3) is 0 Å². The summed E-state index contributed by atoms with van der Waals surface area (Å²) in [6.45, 7) is 1.66. The van der Waals surface area contributed by atoms with E-state index in [4.69, 9.17) is 10.5 Å². The molecule has 0 aromatic heterocycles. The number of ether oxygens (including phenoxy) is 1. The molecule has 2 aromatic carbocycles. The highest BCUT2D eigenvalue weighted by Crippen LogP contribution is 2.54. The van der Waals surface area contributed by atoms with Gasteiger partial charge in [0.25, 0.3) is 0 Å². The molecule has 0 radical (unpaired) electrons. The predicted molar refractivity (Wildman–Crippen MR) is 129 cm³/mol. The fraction of sp³-hybridized carbons (Fsp3) is 0.333. The molecule has 2 fully saturated rings. The first-order valence-electron chi connectivity index (χ1n) is 12.0. The highest BCUT2D eigenvalue weighted by Gasteiger charge is 2.71. The summed E-state index contributed by atoms with van der Waals surface area (Å²) in [4.78, 5) is 78.5. The number of phenols is 1. The fourth-order valence-corrected chi connectivity index (χ4v) is 6.24. The molecule has 0 spiro atoms. The third-order valence-corrected chi connectivity index (χ3v) is 7.96. The van der Waals surface area contributed by atoms with Crippen LogP contribution in [0.15, 0.2) is 48.5 Å². The SMILES string of the molecule is C[C@H]1c2cccc(O)c2C(=O)C2C(=O)[C@]3(O)C(=O)C(C(N)=O)C(=O)C[C@@H]3[C@@H](OC(=O)Nc3ccccc3)[C@@H]21. The summed E-state index contributed by atoms with van der Waals surface area (Å²) < 4.78 is 5.71. The van der Waals surface area contributed by atoms with E-state index in [0.717, 1.165) is 0 Å². The molecule has 38 heavy (non-hydrogen) atoms. The molecule has 3 aliphatic carbocycles. The number of aromatic hydroxyl groups is 1. The van der Waals surface area contributed by atoms with Crippen molar-refractivity contribution < 1.29 is 43.7 Å². The number of nitrogens with one attached hydrogen (secondary N) is 1. The van der Waals surface area contributed by atoms with Crippen LogP contribution < -0.4 is 11.1 Å². The summed E-state index contributed by atoms with van der Waals surface area (Å²) in [7, 11) is 0. The molecule has 0 heterocycles. The Labute approximate surface area is 216 Å². The van der Waals surface area contributed by atoms with Crippen LogP contribution in [0.5, 0.6) is 5.75 Å². The number of amides is 2. The molecule has 2 aromatic rings. The average Bonchev–Trinajstić information content (AvgIpc) is 2.86. The lowest BCUT2D eigenvalue weighted by Crippen LogP contribution is -2.73. The number of hydrogen-bond acceptors (Lipinski definition) is 9. The molecule has 0 aliphatic heterocycles. The van der Waals surface area contributed by atoms with Crippen molar-refractivity contribution in [3.63, 3.8) is 0 Å². The summed E-state index contributed by atoms with van der Waals surface area (Å²) in [6.07, 6.45) is -3.14. The Morgan fingerprint density at radius 1 is 1.03 bits per heavy atom. The molecular formula is C27H24N2O9. The maximum atomic E-state index is 13.8. The number of nitrogens with two attached hydrogens (primary N) is 1. The lowest BCUT2D eigenvalue weighted by atomic mass is 9.50. The molecule has 0 saturated heterocycles. The zero-order chi connectivity index (χ0) is 27.5. The van der Waals surface area contributed by atoms with Crippen LogP contribution in [0.1, 0.15) is 35.2 Å². The third kappa shape index (κ3) is 3.53. The Balaban J connectivity index is 1.64. The number of benzene rings is 2. The van der Waals surface area contributed by atoms with Gasteiger partial charge >= 0.3 is 6.09 Å². The molecule has 11 nitrogen and oxygen atoms in total. The predicted octanol–water partition coefficient (Wildman–Crippen LogP) is 1.12. The molecule has 196 valence electrons. The molecular weight excluding hydrogens is 496 g/mol. The zero-order valence-electron chi connectivity index (χ0n) is 20.1. The third-order valence-electron chi connectivity index (χ3n) is 7.96. The number of ketones is 4. The highest BCUT2D eigenvalue weighted by atomic mass is 16.6. The largest absolute Gasteiger partial charge is 0.507 e. The number of Topliss-reactive ketones (excluding diaryl/α,β-unsaturated/α-hetero) is 4. The average molecular weight is 520 g/mol. The number of phenolic OH excluding ortho intramolecular Hbond substituents is 1. The van der Waals surface area contributed by atoms with Gasteiger partial charge in [-0.1, -0.05) is 37.3 Å². The second-order valence-corrected chi connectivity index (χ2v) is 9.92. The summed E-state index contributed by atoms with van der Waals surface area (Å²) in [5.41, 5.74) is 2.85. The van der Waals surface area contributed by atoms with Crippen LogP contribution in [0.2, 0.25) is 0 Å². The second-order valence-electron chi connectivity index (χ2n) is 9.92. The number of anilines is 1. The molecule has 2 saturated carbocycles. The van der Waals surface area contributed by atoms with Crippen LogP contribution in [0.4, 0.5) is 10.5 Å². The van der Waals surface area contributed by atoms with Gasteiger partial charge in [-0.15, -0.1) is 0 Å². The lowest BCUT2D eigenvalue weighted by Gasteiger charge is -2.53. The standard InChI is InChI=1S/C27H24N2O9/c1-11-13-8-5-9-15(30)18(13)21(32)20-17(11)22(38-26(36)29-12-6-3-2-4-7-12)14-10-16(31)19(25(28)35)23(33)27(14,37)24(20)34/h2-9,11,14,17,19-20,22,30,37H,10H2,1H3,(H2,28,35)(H,29,36)/t11-,14+,17+,19?,20?,22+,27+/m0/s1. The minimum absolute atomic E-state index is 0.144. The Hall–Kier alpha value is -4.38. The van der Waals surface area contributed by atoms with Crippen molar-refractivity contribution in [1.29, 1.82) is 0 Å². The van der Waals surface area contributed by atoms with Crippen molar-refractivity contribution in [3.8, 4) is 5.75 Å². The minimum Gasteiger partial charge on any atom is -0.507 e. The first-order valence-corrected chi connectivity index (χ1v) is 12.0. The van der Waals surface area contributed by atoms with Crippen LogP contribution in [0, 0.1) is 23.7 Å². The van der Waals surface area contributed by atoms with Crippen LogP contribution >= 0.6 is 0 Å². The number of primary amides is 1. The number of aliphatic hydroxyl groups is 1. The van der Waals surface area contributed by atoms with Crippen LogP contribution in [0.3, 0.4) is 0 Å². The maximum absolute atomic E-state index is 13.8. The lowest BCUT2D eigenvalue weighted by molar-refractivity contribution is -0.188. The quantitative estimate of drug-likeness (QED) is 0.430. The maximum Gasteiger partial charge on any atom is 0.411 e. The molecule has 5 N–H and O–H groups in total. The van der Waals surface area contributed by atoms with E-state index >= 15 is 0 Å². The smallest absolute Gasteiger partial charge is 0.411 e. The Morgan fingerprint density at radius 3 is 2.37 bits per heavy atom. The zero-order valence-corrected chi connectivity index (χ0v) is 20.1. The summed E-state index contributed by atoms with van der Waals surface area (Å²) >= 11 is 0. The second kappa shape index (κ2) is 8.88. The van der Waals surface area contributed by atoms with Gasteiger partial charge in [0, 0.05) is 23.9 Å². The minimum atomic E-state index is -3.00. The van der Waals surface area contributed by atoms with Crippen LogP contribution in [-0.4, -0.2) is 57.1 Å². The van der Waals surface area contributed by atoms with E-state index in [1.165, 1.54) is 12.1 Å². The van der Waals surface area contributed by atoms with E-state index in [1.807, 2.05) is 0 Å². The van der Waals surface area contributed by atoms with E-state index in [0.29, 0.717) is 11.3 Å². The van der Waals surface area contributed by atoms with Gasteiger partial charge in [-0.25, -0.2) is 4.79 Å². The van der Waals surface area contributed by atoms with Crippen LogP contribution in [-0.2, 0) is 23.9 Å². The number of para-hydroxylation sites is 1. The van der Waals surface area contributed by atoms with Crippen molar-refractivity contribution in [2.75, 3.05) is 5.32 Å². The number of rotatable bonds is 3. The molecule has 11 heteroatoms. The van der Waals surface area contributed by atoms with Gasteiger partial charge < -0.3 is 20.7 Å². The molecule has 0 bridgehead atoms. The Kier molecular flexibility index (Phi) is 5.90. The molecule has 2 amide bonds. The molecule has 5 rings (SSSR count). The fourth-order valence-electron chi connectivity index (χ4n) is 6.24. The summed E-state index contributed by atoms with van der Waals surface area (Å²) in [5, 5.41) is 24.6. The summed E-state index contributed by atoms with van der Waals surface area (Å²) in [5.74, 6) is -13.3.